The minimum absolute atomic E-state index is 0.00670. The van der Waals surface area contributed by atoms with Gasteiger partial charge in [0.25, 0.3) is 5.91 Å². The van der Waals surface area contributed by atoms with E-state index in [1.807, 2.05) is 13.0 Å². The molecule has 3 aromatic rings. The van der Waals surface area contributed by atoms with Crippen molar-refractivity contribution in [3.8, 4) is 11.5 Å². The van der Waals surface area contributed by atoms with E-state index in [2.05, 4.69) is 15.0 Å². The first kappa shape index (κ1) is 19.9. The standard InChI is InChI=1S/C21H19N3O5S/c1-14-5-8-20(22-11-14)24-21(25)16-3-2-4-17(10-16)30(26,27)23-12-15-6-7-18-19(9-15)29-13-28-18/h2-11,23H,12-13H2,1H3,(H,22,24,25). The van der Waals surface area contributed by atoms with Crippen molar-refractivity contribution >= 4 is 21.7 Å². The van der Waals surface area contributed by atoms with Crippen molar-refractivity contribution in [2.24, 2.45) is 0 Å². The molecule has 0 atom stereocenters. The number of amides is 1. The van der Waals surface area contributed by atoms with Crippen molar-refractivity contribution in [2.75, 3.05) is 12.1 Å². The van der Waals surface area contributed by atoms with E-state index in [1.54, 1.807) is 36.5 Å². The highest BCUT2D eigenvalue weighted by Gasteiger charge is 2.18. The number of sulfonamides is 1. The van der Waals surface area contributed by atoms with Crippen molar-refractivity contribution in [1.29, 1.82) is 0 Å². The molecule has 4 rings (SSSR count). The highest BCUT2D eigenvalue weighted by atomic mass is 32.2. The van der Waals surface area contributed by atoms with Crippen molar-refractivity contribution < 1.29 is 22.7 Å². The fourth-order valence-corrected chi connectivity index (χ4v) is 3.91. The molecule has 2 N–H and O–H groups in total. The van der Waals surface area contributed by atoms with Crippen LogP contribution in [-0.2, 0) is 16.6 Å². The van der Waals surface area contributed by atoms with Gasteiger partial charge in [0, 0.05) is 18.3 Å². The molecular weight excluding hydrogens is 406 g/mol. The lowest BCUT2D eigenvalue weighted by molar-refractivity contribution is 0.102. The van der Waals surface area contributed by atoms with Crippen molar-refractivity contribution in [3.63, 3.8) is 0 Å². The Kier molecular flexibility index (Phi) is 5.39. The van der Waals surface area contributed by atoms with E-state index in [9.17, 15) is 13.2 Å². The first-order chi connectivity index (χ1) is 14.4. The van der Waals surface area contributed by atoms with Crippen LogP contribution in [0.25, 0.3) is 0 Å². The first-order valence-corrected chi connectivity index (χ1v) is 10.6. The Labute approximate surface area is 173 Å². The molecule has 0 aliphatic carbocycles. The lowest BCUT2D eigenvalue weighted by Gasteiger charge is -2.09. The Morgan fingerprint density at radius 1 is 1.07 bits per heavy atom. The van der Waals surface area contributed by atoms with Crippen LogP contribution in [0.3, 0.4) is 0 Å². The fourth-order valence-electron chi connectivity index (χ4n) is 2.85. The lowest BCUT2D eigenvalue weighted by Crippen LogP contribution is -2.23. The maximum absolute atomic E-state index is 12.7. The van der Waals surface area contributed by atoms with Crippen LogP contribution in [0.4, 0.5) is 5.82 Å². The summed E-state index contributed by atoms with van der Waals surface area (Å²) in [6.45, 7) is 2.11. The summed E-state index contributed by atoms with van der Waals surface area (Å²) < 4.78 is 38.5. The van der Waals surface area contributed by atoms with Crippen LogP contribution in [0.5, 0.6) is 11.5 Å². The van der Waals surface area contributed by atoms with Gasteiger partial charge in [-0.2, -0.15) is 0 Å². The molecule has 9 heteroatoms. The Morgan fingerprint density at radius 3 is 2.70 bits per heavy atom. The molecule has 1 amide bonds. The third kappa shape index (κ3) is 4.42. The zero-order valence-electron chi connectivity index (χ0n) is 16.1. The molecule has 30 heavy (non-hydrogen) atoms. The Hall–Kier alpha value is -3.43. The number of nitrogens with one attached hydrogen (secondary N) is 2. The zero-order chi connectivity index (χ0) is 21.1. The molecule has 0 saturated heterocycles. The number of fused-ring (bicyclic) bond motifs is 1. The minimum atomic E-state index is -3.82. The number of pyridine rings is 1. The van der Waals surface area contributed by atoms with Gasteiger partial charge in [0.1, 0.15) is 5.82 Å². The molecule has 1 aliphatic rings. The van der Waals surface area contributed by atoms with Crippen LogP contribution in [-0.4, -0.2) is 26.1 Å². The van der Waals surface area contributed by atoms with Gasteiger partial charge in [0.05, 0.1) is 4.90 Å². The Morgan fingerprint density at radius 2 is 1.90 bits per heavy atom. The van der Waals surface area contributed by atoms with Gasteiger partial charge in [-0.15, -0.1) is 0 Å². The van der Waals surface area contributed by atoms with Gasteiger partial charge in [-0.1, -0.05) is 18.2 Å². The summed E-state index contributed by atoms with van der Waals surface area (Å²) in [6.07, 6.45) is 1.64. The Balaban J connectivity index is 1.46. The summed E-state index contributed by atoms with van der Waals surface area (Å²) in [5.74, 6) is 1.15. The number of nitrogens with zero attached hydrogens (tertiary/aromatic N) is 1. The van der Waals surface area contributed by atoms with E-state index >= 15 is 0 Å². The van der Waals surface area contributed by atoms with Gasteiger partial charge >= 0.3 is 0 Å². The highest BCUT2D eigenvalue weighted by molar-refractivity contribution is 7.89. The van der Waals surface area contributed by atoms with Gasteiger partial charge in [-0.05, 0) is 54.4 Å². The van der Waals surface area contributed by atoms with E-state index in [1.165, 1.54) is 18.2 Å². The number of rotatable bonds is 6. The minimum Gasteiger partial charge on any atom is -0.454 e. The van der Waals surface area contributed by atoms with Gasteiger partial charge in [-0.3, -0.25) is 4.79 Å². The number of aromatic nitrogens is 1. The van der Waals surface area contributed by atoms with Crippen LogP contribution in [0, 0.1) is 6.92 Å². The summed E-state index contributed by atoms with van der Waals surface area (Å²) in [5, 5.41) is 2.65. The maximum Gasteiger partial charge on any atom is 0.256 e. The van der Waals surface area contributed by atoms with Crippen LogP contribution >= 0.6 is 0 Å². The highest BCUT2D eigenvalue weighted by Crippen LogP contribution is 2.32. The number of anilines is 1. The summed E-state index contributed by atoms with van der Waals surface area (Å²) in [4.78, 5) is 16.6. The largest absolute Gasteiger partial charge is 0.454 e. The number of hydrogen-bond donors (Lipinski definition) is 2. The summed E-state index contributed by atoms with van der Waals surface area (Å²) in [6, 6.07) is 14.5. The number of benzene rings is 2. The molecule has 1 aromatic heterocycles. The van der Waals surface area contributed by atoms with Gasteiger partial charge in [0.15, 0.2) is 11.5 Å². The normalized spacial score (nSPS) is 12.6. The average Bonchev–Trinajstić information content (AvgIpc) is 3.22. The monoisotopic (exact) mass is 425 g/mol. The second kappa shape index (κ2) is 8.13. The summed E-state index contributed by atoms with van der Waals surface area (Å²) in [5.41, 5.74) is 1.90. The molecule has 0 radical (unpaired) electrons. The topological polar surface area (TPSA) is 107 Å². The molecule has 0 bridgehead atoms. The van der Waals surface area contributed by atoms with Gasteiger partial charge in [0.2, 0.25) is 16.8 Å². The zero-order valence-corrected chi connectivity index (χ0v) is 16.9. The van der Waals surface area contributed by atoms with Crippen LogP contribution in [0.2, 0.25) is 0 Å². The smallest absolute Gasteiger partial charge is 0.256 e. The number of hydrogen-bond acceptors (Lipinski definition) is 6. The molecule has 0 saturated carbocycles. The number of carbonyl (C=O) groups is 1. The van der Waals surface area contributed by atoms with Crippen molar-refractivity contribution in [2.45, 2.75) is 18.4 Å². The van der Waals surface area contributed by atoms with E-state index < -0.39 is 15.9 Å². The molecule has 154 valence electrons. The molecule has 1 aliphatic heterocycles. The number of aryl methyl sites for hydroxylation is 1. The predicted octanol–water partition coefficient (Wildman–Crippen LogP) is 2.85. The van der Waals surface area contributed by atoms with Crippen molar-refractivity contribution in [3.05, 3.63) is 77.5 Å². The second-order valence-corrected chi connectivity index (χ2v) is 8.48. The number of ether oxygens (including phenoxy) is 2. The Bertz CT molecular complexity index is 1190. The predicted molar refractivity (Wildman–Crippen MR) is 110 cm³/mol. The SMILES string of the molecule is Cc1ccc(NC(=O)c2cccc(S(=O)(=O)NCc3ccc4c(c3)OCO4)c2)nc1. The molecule has 0 spiro atoms. The summed E-state index contributed by atoms with van der Waals surface area (Å²) in [7, 11) is -3.82. The van der Waals surface area contributed by atoms with Gasteiger partial charge in [-0.25, -0.2) is 18.1 Å². The van der Waals surface area contributed by atoms with E-state index in [0.717, 1.165) is 11.1 Å². The molecule has 2 aromatic carbocycles. The van der Waals surface area contributed by atoms with E-state index in [4.69, 9.17) is 9.47 Å². The molecule has 8 nitrogen and oxygen atoms in total. The molecular formula is C21H19N3O5S. The first-order valence-electron chi connectivity index (χ1n) is 9.13. The van der Waals surface area contributed by atoms with Gasteiger partial charge < -0.3 is 14.8 Å². The van der Waals surface area contributed by atoms with E-state index in [0.29, 0.717) is 17.3 Å². The summed E-state index contributed by atoms with van der Waals surface area (Å²) >= 11 is 0. The molecule has 0 fully saturated rings. The quantitative estimate of drug-likeness (QED) is 0.629. The van der Waals surface area contributed by atoms with Crippen LogP contribution < -0.4 is 19.5 Å². The van der Waals surface area contributed by atoms with E-state index in [-0.39, 0.29) is 23.8 Å². The molecule has 0 unspecified atom stereocenters. The maximum atomic E-state index is 12.7. The third-order valence-electron chi connectivity index (χ3n) is 4.46. The second-order valence-electron chi connectivity index (χ2n) is 6.71. The third-order valence-corrected chi connectivity index (χ3v) is 5.86. The molecule has 2 heterocycles. The fraction of sp³-hybridized carbons (Fsp3) is 0.143. The van der Waals surface area contributed by atoms with Crippen molar-refractivity contribution in [1.82, 2.24) is 9.71 Å². The lowest BCUT2D eigenvalue weighted by atomic mass is 10.2. The van der Waals surface area contributed by atoms with Crippen LogP contribution in [0.1, 0.15) is 21.5 Å². The number of carbonyl (C=O) groups excluding carboxylic acids is 1. The van der Waals surface area contributed by atoms with Crippen LogP contribution in [0.15, 0.2) is 65.7 Å². The average molecular weight is 425 g/mol.